The average Bonchev–Trinajstić information content (AvgIpc) is 2.84. The average molecular weight is 348 g/mol. The highest BCUT2D eigenvalue weighted by Gasteiger charge is 2.61. The Balaban J connectivity index is 1.50. The van der Waals surface area contributed by atoms with Crippen molar-refractivity contribution in [3.05, 3.63) is 0 Å². The van der Waals surface area contributed by atoms with Crippen molar-refractivity contribution in [3.63, 3.8) is 0 Å². The number of hydrogen-bond donors (Lipinski definition) is 1. The summed E-state index contributed by atoms with van der Waals surface area (Å²) in [5.41, 5.74) is -0.882. The van der Waals surface area contributed by atoms with Crippen molar-refractivity contribution < 1.29 is 23.9 Å². The zero-order chi connectivity index (χ0) is 17.8. The maximum Gasteiger partial charge on any atom is 0.311 e. The van der Waals surface area contributed by atoms with E-state index in [1.54, 1.807) is 0 Å². The van der Waals surface area contributed by atoms with Gasteiger partial charge in [0.2, 0.25) is 17.7 Å². The van der Waals surface area contributed by atoms with Crippen LogP contribution >= 0.6 is 0 Å². The van der Waals surface area contributed by atoms with Gasteiger partial charge in [-0.05, 0) is 50.4 Å². The fraction of sp³-hybridized carbons (Fsp3) is 0.778. The van der Waals surface area contributed by atoms with E-state index in [-0.39, 0.29) is 43.1 Å². The largest absolute Gasteiger partial charge is 0.469 e. The molecule has 5 rings (SSSR count). The molecular weight excluding hydrogens is 324 g/mol. The SMILES string of the molecule is COC(=O)C12C[C@@H]3C[C@H](CC(NC(=O)CN4C(=O)CCC4=O)(C3)C1)C2. The lowest BCUT2D eigenvalue weighted by atomic mass is 9.47. The third-order valence-electron chi connectivity index (χ3n) is 6.54. The predicted molar refractivity (Wildman–Crippen MR) is 86.0 cm³/mol. The molecule has 4 aliphatic carbocycles. The van der Waals surface area contributed by atoms with Crippen molar-refractivity contribution in [1.82, 2.24) is 10.2 Å². The fourth-order valence-corrected chi connectivity index (χ4v) is 6.14. The summed E-state index contributed by atoms with van der Waals surface area (Å²) >= 11 is 0. The van der Waals surface area contributed by atoms with Gasteiger partial charge in [-0.1, -0.05) is 0 Å². The zero-order valence-corrected chi connectivity index (χ0v) is 14.5. The Morgan fingerprint density at radius 2 is 1.72 bits per heavy atom. The van der Waals surface area contributed by atoms with Gasteiger partial charge < -0.3 is 10.1 Å². The highest BCUT2D eigenvalue weighted by Crippen LogP contribution is 2.61. The normalized spacial score (nSPS) is 39.0. The molecule has 0 aromatic heterocycles. The third-order valence-corrected chi connectivity index (χ3v) is 6.54. The predicted octanol–water partition coefficient (Wildman–Crippen LogP) is 0.764. The topological polar surface area (TPSA) is 92.8 Å². The molecule has 5 fully saturated rings. The van der Waals surface area contributed by atoms with Crippen molar-refractivity contribution >= 4 is 23.7 Å². The lowest BCUT2D eigenvalue weighted by molar-refractivity contribution is -0.173. The Morgan fingerprint density at radius 1 is 1.12 bits per heavy atom. The van der Waals surface area contributed by atoms with E-state index in [2.05, 4.69) is 5.32 Å². The van der Waals surface area contributed by atoms with Crippen LogP contribution in [0.2, 0.25) is 0 Å². The van der Waals surface area contributed by atoms with Gasteiger partial charge in [0.05, 0.1) is 12.5 Å². The van der Waals surface area contributed by atoms with Gasteiger partial charge in [0.25, 0.3) is 0 Å². The molecule has 0 unspecified atom stereocenters. The van der Waals surface area contributed by atoms with Gasteiger partial charge >= 0.3 is 5.97 Å². The van der Waals surface area contributed by atoms with Gasteiger partial charge in [-0.25, -0.2) is 0 Å². The molecule has 1 N–H and O–H groups in total. The van der Waals surface area contributed by atoms with Crippen molar-refractivity contribution in [1.29, 1.82) is 0 Å². The van der Waals surface area contributed by atoms with Crippen LogP contribution < -0.4 is 5.32 Å². The van der Waals surface area contributed by atoms with E-state index < -0.39 is 11.0 Å². The van der Waals surface area contributed by atoms with Crippen LogP contribution in [-0.4, -0.2) is 47.8 Å². The second kappa shape index (κ2) is 5.54. The second-order valence-electron chi connectivity index (χ2n) is 8.44. The molecule has 4 bridgehead atoms. The van der Waals surface area contributed by atoms with Gasteiger partial charge in [-0.2, -0.15) is 0 Å². The van der Waals surface area contributed by atoms with E-state index in [0.717, 1.165) is 37.0 Å². The molecule has 0 aromatic rings. The van der Waals surface area contributed by atoms with Crippen LogP contribution in [0.15, 0.2) is 0 Å². The lowest BCUT2D eigenvalue weighted by Crippen LogP contribution is -2.65. The van der Waals surface area contributed by atoms with Crippen LogP contribution in [0.25, 0.3) is 0 Å². The Hall–Kier alpha value is -1.92. The Kier molecular flexibility index (Phi) is 3.67. The molecule has 136 valence electrons. The first-order valence-corrected chi connectivity index (χ1v) is 9.07. The quantitative estimate of drug-likeness (QED) is 0.598. The Morgan fingerprint density at radius 3 is 2.28 bits per heavy atom. The van der Waals surface area contributed by atoms with Gasteiger partial charge in [0, 0.05) is 18.4 Å². The third kappa shape index (κ3) is 2.64. The number of nitrogens with zero attached hydrogens (tertiary/aromatic N) is 1. The summed E-state index contributed by atoms with van der Waals surface area (Å²) in [5, 5.41) is 3.10. The van der Waals surface area contributed by atoms with Crippen LogP contribution in [0, 0.1) is 17.3 Å². The summed E-state index contributed by atoms with van der Waals surface area (Å²) in [6, 6.07) is 0. The minimum Gasteiger partial charge on any atom is -0.469 e. The molecule has 1 heterocycles. The number of nitrogens with one attached hydrogen (secondary N) is 1. The number of imide groups is 1. The van der Waals surface area contributed by atoms with Crippen molar-refractivity contribution in [2.45, 2.75) is 56.9 Å². The molecule has 1 aliphatic heterocycles. The van der Waals surface area contributed by atoms with E-state index in [1.165, 1.54) is 7.11 Å². The second-order valence-corrected chi connectivity index (χ2v) is 8.44. The number of amides is 3. The number of methoxy groups -OCH3 is 1. The maximum absolute atomic E-state index is 12.5. The van der Waals surface area contributed by atoms with Gasteiger partial charge in [0.15, 0.2) is 0 Å². The first kappa shape index (κ1) is 16.5. The van der Waals surface area contributed by atoms with Crippen LogP contribution in [0.1, 0.15) is 51.4 Å². The van der Waals surface area contributed by atoms with E-state index >= 15 is 0 Å². The summed E-state index contributed by atoms with van der Waals surface area (Å²) in [7, 11) is 1.43. The number of carbonyl (C=O) groups is 4. The van der Waals surface area contributed by atoms with E-state index in [4.69, 9.17) is 4.74 Å². The van der Waals surface area contributed by atoms with Crippen LogP contribution in [0.4, 0.5) is 0 Å². The summed E-state index contributed by atoms with van der Waals surface area (Å²) in [6.07, 6.45) is 5.52. The summed E-state index contributed by atoms with van der Waals surface area (Å²) < 4.78 is 5.07. The highest BCUT2D eigenvalue weighted by molar-refractivity contribution is 6.04. The van der Waals surface area contributed by atoms with Gasteiger partial charge in [-0.15, -0.1) is 0 Å². The minimum absolute atomic E-state index is 0.162. The van der Waals surface area contributed by atoms with E-state index in [9.17, 15) is 19.2 Å². The standard InChI is InChI=1S/C18H24N2O5/c1-25-16(24)17-5-11-4-12(6-17)8-18(7-11,10-17)19-13(21)9-20-14(22)2-3-15(20)23/h11-12H,2-10H2,1H3,(H,19,21)/t11-,12-,17?,18?/m0/s1. The van der Waals surface area contributed by atoms with Crippen molar-refractivity contribution in [2.75, 3.05) is 13.7 Å². The molecule has 7 heteroatoms. The van der Waals surface area contributed by atoms with Crippen LogP contribution in [0.5, 0.6) is 0 Å². The molecule has 5 aliphatic rings. The number of hydrogen-bond acceptors (Lipinski definition) is 5. The van der Waals surface area contributed by atoms with Crippen LogP contribution in [0.3, 0.4) is 0 Å². The fourth-order valence-electron chi connectivity index (χ4n) is 6.14. The molecular formula is C18H24N2O5. The van der Waals surface area contributed by atoms with Crippen LogP contribution in [-0.2, 0) is 23.9 Å². The molecule has 7 nitrogen and oxygen atoms in total. The molecule has 3 amide bonds. The number of rotatable bonds is 4. The summed E-state index contributed by atoms with van der Waals surface area (Å²) in [6.45, 7) is -0.208. The molecule has 4 saturated carbocycles. The summed E-state index contributed by atoms with van der Waals surface area (Å²) in [5.74, 6) is -0.171. The van der Waals surface area contributed by atoms with Crippen molar-refractivity contribution in [3.8, 4) is 0 Å². The van der Waals surface area contributed by atoms with E-state index in [0.29, 0.717) is 18.3 Å². The monoisotopic (exact) mass is 348 g/mol. The van der Waals surface area contributed by atoms with Crippen molar-refractivity contribution in [2.24, 2.45) is 17.3 Å². The smallest absolute Gasteiger partial charge is 0.311 e. The number of likely N-dealkylation sites (tertiary alicyclic amines) is 1. The highest BCUT2D eigenvalue weighted by atomic mass is 16.5. The molecule has 1 saturated heterocycles. The number of carbonyl (C=O) groups excluding carboxylic acids is 4. The molecule has 25 heavy (non-hydrogen) atoms. The maximum atomic E-state index is 12.5. The number of esters is 1. The molecule has 2 atom stereocenters. The molecule has 0 radical (unpaired) electrons. The first-order chi connectivity index (χ1) is 11.8. The zero-order valence-electron chi connectivity index (χ0n) is 14.5. The Bertz CT molecular complexity index is 628. The first-order valence-electron chi connectivity index (χ1n) is 9.07. The molecule has 0 spiro atoms. The molecule has 0 aromatic carbocycles. The Labute approximate surface area is 146 Å². The lowest BCUT2D eigenvalue weighted by Gasteiger charge is -2.60. The van der Waals surface area contributed by atoms with E-state index in [1.807, 2.05) is 0 Å². The minimum atomic E-state index is -0.481. The summed E-state index contributed by atoms with van der Waals surface area (Å²) in [4.78, 5) is 49.5. The number of ether oxygens (including phenoxy) is 1. The van der Waals surface area contributed by atoms with Gasteiger partial charge in [0.1, 0.15) is 6.54 Å². The van der Waals surface area contributed by atoms with Gasteiger partial charge in [-0.3, -0.25) is 24.1 Å².